The average molecular weight is 764 g/mol. The SMILES string of the molecule is CCc1cc(Cc2c(C)cc(C)cc2C)ccc1C(c1ccc(Cc2c(C)cc(C)c(S(=O)(=O)O)c2C)cc1CC)c1c(C)cc(Nc2ccccc2)cc1C. The summed E-state index contributed by atoms with van der Waals surface area (Å²) in [4.78, 5) is 0.0184. The van der Waals surface area contributed by atoms with Gasteiger partial charge < -0.3 is 5.32 Å². The van der Waals surface area contributed by atoms with Gasteiger partial charge in [-0.25, -0.2) is 0 Å². The molecule has 0 bridgehead atoms. The van der Waals surface area contributed by atoms with Crippen LogP contribution in [0.3, 0.4) is 0 Å². The van der Waals surface area contributed by atoms with E-state index >= 15 is 0 Å². The van der Waals surface area contributed by atoms with Crippen molar-refractivity contribution < 1.29 is 13.0 Å². The monoisotopic (exact) mass is 763 g/mol. The zero-order valence-electron chi connectivity index (χ0n) is 34.8. The number of anilines is 2. The standard InChI is InChI=1S/C51H57NO3S/c1-11-41-27-39(29-47-32(4)22-31(3)23-33(47)5)18-20-45(41)50(49-35(7)25-44(26-36(49)8)52-43-16-14-13-15-17-43)46-21-19-40(28-42(46)12-2)30-48-34(6)24-37(9)51(38(48)10)56(53,54)55/h13-28,50,52H,11-12,29-30H2,1-10H3,(H,53,54,55). The van der Waals surface area contributed by atoms with E-state index in [0.717, 1.165) is 47.3 Å². The summed E-state index contributed by atoms with van der Waals surface area (Å²) in [5.74, 6) is 0.00519. The van der Waals surface area contributed by atoms with Crippen molar-refractivity contribution in [3.63, 3.8) is 0 Å². The van der Waals surface area contributed by atoms with Crippen LogP contribution in [0.5, 0.6) is 0 Å². The molecule has 5 heteroatoms. The zero-order valence-corrected chi connectivity index (χ0v) is 35.6. The molecule has 290 valence electrons. The number of para-hydroxylation sites is 1. The quantitative estimate of drug-likeness (QED) is 0.0962. The summed E-state index contributed by atoms with van der Waals surface area (Å²) >= 11 is 0. The molecule has 6 aromatic carbocycles. The number of aryl methyl sites for hydroxylation is 9. The molecule has 0 saturated heterocycles. The summed E-state index contributed by atoms with van der Waals surface area (Å²) in [5, 5.41) is 3.62. The average Bonchev–Trinajstić information content (AvgIpc) is 3.13. The minimum Gasteiger partial charge on any atom is -0.356 e. The van der Waals surface area contributed by atoms with Gasteiger partial charge in [0.1, 0.15) is 0 Å². The van der Waals surface area contributed by atoms with E-state index in [1.165, 1.54) is 66.8 Å². The number of rotatable bonds is 12. The van der Waals surface area contributed by atoms with Crippen LogP contribution in [-0.2, 0) is 35.8 Å². The molecule has 6 rings (SSSR count). The summed E-state index contributed by atoms with van der Waals surface area (Å²) in [6, 6.07) is 35.3. The first-order chi connectivity index (χ1) is 26.6. The van der Waals surface area contributed by atoms with E-state index < -0.39 is 10.1 Å². The predicted molar refractivity (Wildman–Crippen MR) is 235 cm³/mol. The first-order valence-electron chi connectivity index (χ1n) is 19.9. The molecule has 1 atom stereocenters. The number of benzene rings is 6. The highest BCUT2D eigenvalue weighted by Gasteiger charge is 2.27. The van der Waals surface area contributed by atoms with Crippen molar-refractivity contribution in [1.82, 2.24) is 0 Å². The summed E-state index contributed by atoms with van der Waals surface area (Å²) < 4.78 is 34.9. The van der Waals surface area contributed by atoms with Gasteiger partial charge >= 0.3 is 0 Å². The van der Waals surface area contributed by atoms with E-state index in [0.29, 0.717) is 17.5 Å². The fourth-order valence-corrected chi connectivity index (χ4v) is 10.1. The third-order valence-electron chi connectivity index (χ3n) is 11.7. The molecule has 56 heavy (non-hydrogen) atoms. The molecular weight excluding hydrogens is 707 g/mol. The highest BCUT2D eigenvalue weighted by molar-refractivity contribution is 7.86. The molecule has 0 radical (unpaired) electrons. The normalized spacial score (nSPS) is 12.2. The van der Waals surface area contributed by atoms with Crippen LogP contribution >= 0.6 is 0 Å². The molecule has 2 N–H and O–H groups in total. The topological polar surface area (TPSA) is 66.4 Å². The lowest BCUT2D eigenvalue weighted by Gasteiger charge is -2.28. The Labute approximate surface area is 335 Å². The van der Waals surface area contributed by atoms with Gasteiger partial charge in [0.2, 0.25) is 0 Å². The molecule has 0 spiro atoms. The second-order valence-electron chi connectivity index (χ2n) is 15.9. The Morgan fingerprint density at radius 1 is 0.554 bits per heavy atom. The number of nitrogens with one attached hydrogen (secondary N) is 1. The first kappa shape index (κ1) is 40.7. The van der Waals surface area contributed by atoms with Gasteiger partial charge in [0.25, 0.3) is 10.1 Å². The molecule has 0 heterocycles. The van der Waals surface area contributed by atoms with Crippen LogP contribution in [-0.4, -0.2) is 13.0 Å². The Bertz CT molecular complexity index is 2490. The third-order valence-corrected chi connectivity index (χ3v) is 12.8. The molecule has 6 aromatic rings. The minimum atomic E-state index is -4.36. The van der Waals surface area contributed by atoms with Gasteiger partial charge in [0, 0.05) is 17.3 Å². The van der Waals surface area contributed by atoms with E-state index in [2.05, 4.69) is 139 Å². The zero-order chi connectivity index (χ0) is 40.5. The first-order valence-corrected chi connectivity index (χ1v) is 21.3. The predicted octanol–water partition coefficient (Wildman–Crippen LogP) is 12.6. The fraction of sp³-hybridized carbons (Fsp3) is 0.294. The van der Waals surface area contributed by atoms with Gasteiger partial charge in [-0.3, -0.25) is 4.55 Å². The van der Waals surface area contributed by atoms with Gasteiger partial charge in [0.15, 0.2) is 0 Å². The van der Waals surface area contributed by atoms with Gasteiger partial charge in [0.05, 0.1) is 4.90 Å². The lowest BCUT2D eigenvalue weighted by molar-refractivity contribution is 0.481. The van der Waals surface area contributed by atoms with Crippen LogP contribution in [0.2, 0.25) is 0 Å². The van der Waals surface area contributed by atoms with E-state index in [1.54, 1.807) is 6.92 Å². The highest BCUT2D eigenvalue weighted by Crippen LogP contribution is 2.42. The maximum absolute atomic E-state index is 12.4. The van der Waals surface area contributed by atoms with Crippen LogP contribution in [0, 0.1) is 55.4 Å². The number of hydrogen-bond donors (Lipinski definition) is 2. The lowest BCUT2D eigenvalue weighted by atomic mass is 9.76. The Balaban J connectivity index is 1.49. The maximum atomic E-state index is 12.4. The molecule has 4 nitrogen and oxygen atoms in total. The van der Waals surface area contributed by atoms with Crippen molar-refractivity contribution in [3.05, 3.63) is 192 Å². The van der Waals surface area contributed by atoms with Crippen molar-refractivity contribution in [2.45, 2.75) is 106 Å². The fourth-order valence-electron chi connectivity index (χ4n) is 9.15. The molecule has 0 aromatic heterocycles. The highest BCUT2D eigenvalue weighted by atomic mass is 32.2. The molecular formula is C51H57NO3S. The van der Waals surface area contributed by atoms with Crippen LogP contribution in [0.4, 0.5) is 11.4 Å². The van der Waals surface area contributed by atoms with Crippen molar-refractivity contribution in [2.75, 3.05) is 5.32 Å². The minimum absolute atomic E-state index is 0.00519. The van der Waals surface area contributed by atoms with E-state index in [4.69, 9.17) is 0 Å². The molecule has 0 aliphatic rings. The van der Waals surface area contributed by atoms with Crippen LogP contribution in [0.25, 0.3) is 0 Å². The lowest BCUT2D eigenvalue weighted by Crippen LogP contribution is -2.13. The second-order valence-corrected chi connectivity index (χ2v) is 17.2. The molecule has 0 aliphatic carbocycles. The van der Waals surface area contributed by atoms with E-state index in [9.17, 15) is 13.0 Å². The van der Waals surface area contributed by atoms with Crippen LogP contribution in [0.1, 0.15) is 114 Å². The van der Waals surface area contributed by atoms with Crippen molar-refractivity contribution in [1.29, 1.82) is 0 Å². The van der Waals surface area contributed by atoms with Crippen LogP contribution < -0.4 is 5.32 Å². The van der Waals surface area contributed by atoms with Crippen molar-refractivity contribution >= 4 is 21.5 Å². The Hall–Kier alpha value is -4.97. The summed E-state index contributed by atoms with van der Waals surface area (Å²) in [6.45, 7) is 21.2. The molecule has 0 saturated carbocycles. The third kappa shape index (κ3) is 8.55. The Morgan fingerprint density at radius 2 is 1.05 bits per heavy atom. The molecule has 1 unspecified atom stereocenters. The molecule has 0 fully saturated rings. The second kappa shape index (κ2) is 16.6. The Morgan fingerprint density at radius 3 is 1.55 bits per heavy atom. The van der Waals surface area contributed by atoms with Crippen molar-refractivity contribution in [3.8, 4) is 0 Å². The summed E-state index contributed by atoms with van der Waals surface area (Å²) in [6.07, 6.45) is 3.24. The maximum Gasteiger partial charge on any atom is 0.295 e. The van der Waals surface area contributed by atoms with Gasteiger partial charge in [-0.15, -0.1) is 0 Å². The summed E-state index contributed by atoms with van der Waals surface area (Å²) in [7, 11) is -4.36. The van der Waals surface area contributed by atoms with Gasteiger partial charge in [-0.1, -0.05) is 92.2 Å². The van der Waals surface area contributed by atoms with Gasteiger partial charge in [-0.05, 0) is 194 Å². The van der Waals surface area contributed by atoms with Crippen LogP contribution in [0.15, 0.2) is 102 Å². The smallest absolute Gasteiger partial charge is 0.295 e. The van der Waals surface area contributed by atoms with E-state index in [1.807, 2.05) is 26.0 Å². The van der Waals surface area contributed by atoms with Crippen molar-refractivity contribution in [2.24, 2.45) is 0 Å². The largest absolute Gasteiger partial charge is 0.356 e. The number of hydrogen-bond acceptors (Lipinski definition) is 3. The Kier molecular flexibility index (Phi) is 12.1. The van der Waals surface area contributed by atoms with Gasteiger partial charge in [-0.2, -0.15) is 8.42 Å². The van der Waals surface area contributed by atoms with E-state index in [-0.39, 0.29) is 10.8 Å². The summed E-state index contributed by atoms with van der Waals surface area (Å²) in [5.41, 5.74) is 22.1. The molecule has 0 amide bonds. The molecule has 0 aliphatic heterocycles.